The minimum atomic E-state index is 0.239. The Balaban J connectivity index is 2.40. The Morgan fingerprint density at radius 1 is 1.62 bits per heavy atom. The molecule has 1 aromatic rings. The Labute approximate surface area is 83.4 Å². The van der Waals surface area contributed by atoms with E-state index in [2.05, 4.69) is 17.2 Å². The Bertz CT molecular complexity index is 257. The predicted octanol–water partition coefficient (Wildman–Crippen LogP) is 1.99. The van der Waals surface area contributed by atoms with Crippen LogP contribution in [-0.4, -0.2) is 17.1 Å². The molecule has 0 aliphatic carbocycles. The van der Waals surface area contributed by atoms with Gasteiger partial charge in [0, 0.05) is 17.5 Å². The molecule has 1 aromatic heterocycles. The van der Waals surface area contributed by atoms with Crippen LogP contribution in [0.2, 0.25) is 0 Å². The molecule has 1 rings (SSSR count). The van der Waals surface area contributed by atoms with Crippen molar-refractivity contribution >= 4 is 16.5 Å². The van der Waals surface area contributed by atoms with Crippen LogP contribution in [0.5, 0.6) is 0 Å². The van der Waals surface area contributed by atoms with E-state index in [4.69, 9.17) is 5.73 Å². The Kier molecular flexibility index (Phi) is 3.69. The molecule has 0 fully saturated rings. The van der Waals surface area contributed by atoms with Gasteiger partial charge < -0.3 is 11.1 Å². The maximum Gasteiger partial charge on any atom is 0.183 e. The first kappa shape index (κ1) is 10.5. The standard InChI is InChI=1S/C9H17N3S/c1-6(10)4-7(2)11-9-12-8(3)5-13-9/h5-7H,4,10H2,1-3H3,(H,11,12). The Hall–Kier alpha value is -0.610. The maximum absolute atomic E-state index is 5.70. The summed E-state index contributed by atoms with van der Waals surface area (Å²) in [5.41, 5.74) is 6.77. The summed E-state index contributed by atoms with van der Waals surface area (Å²) in [5, 5.41) is 6.36. The lowest BCUT2D eigenvalue weighted by Crippen LogP contribution is -2.26. The molecular weight excluding hydrogens is 182 g/mol. The van der Waals surface area contributed by atoms with Crippen LogP contribution in [0.4, 0.5) is 5.13 Å². The molecule has 2 atom stereocenters. The molecule has 2 unspecified atom stereocenters. The van der Waals surface area contributed by atoms with Gasteiger partial charge in [-0.3, -0.25) is 0 Å². The number of nitrogens with two attached hydrogens (primary N) is 1. The van der Waals surface area contributed by atoms with Crippen LogP contribution in [-0.2, 0) is 0 Å². The van der Waals surface area contributed by atoms with Gasteiger partial charge in [-0.2, -0.15) is 0 Å². The summed E-state index contributed by atoms with van der Waals surface area (Å²) in [6.45, 7) is 6.14. The summed E-state index contributed by atoms with van der Waals surface area (Å²) < 4.78 is 0. The lowest BCUT2D eigenvalue weighted by Gasteiger charge is -2.14. The van der Waals surface area contributed by atoms with E-state index in [1.54, 1.807) is 11.3 Å². The number of aryl methyl sites for hydroxylation is 1. The van der Waals surface area contributed by atoms with Crippen molar-refractivity contribution in [3.05, 3.63) is 11.1 Å². The van der Waals surface area contributed by atoms with Gasteiger partial charge in [-0.1, -0.05) is 0 Å². The van der Waals surface area contributed by atoms with Crippen LogP contribution in [0.1, 0.15) is 26.0 Å². The second kappa shape index (κ2) is 4.58. The molecule has 13 heavy (non-hydrogen) atoms. The molecule has 4 heteroatoms. The summed E-state index contributed by atoms with van der Waals surface area (Å²) >= 11 is 1.64. The van der Waals surface area contributed by atoms with Crippen molar-refractivity contribution in [3.8, 4) is 0 Å². The molecule has 74 valence electrons. The summed E-state index contributed by atoms with van der Waals surface area (Å²) in [6, 6.07) is 0.633. The largest absolute Gasteiger partial charge is 0.359 e. The zero-order valence-corrected chi connectivity index (χ0v) is 9.19. The number of hydrogen-bond acceptors (Lipinski definition) is 4. The SMILES string of the molecule is Cc1csc(NC(C)CC(C)N)n1. The van der Waals surface area contributed by atoms with Crippen molar-refractivity contribution < 1.29 is 0 Å². The lowest BCUT2D eigenvalue weighted by molar-refractivity contribution is 0.604. The van der Waals surface area contributed by atoms with E-state index in [1.165, 1.54) is 0 Å². The van der Waals surface area contributed by atoms with Crippen molar-refractivity contribution in [2.75, 3.05) is 5.32 Å². The number of thiazole rings is 1. The first-order chi connectivity index (χ1) is 6.08. The molecule has 0 amide bonds. The van der Waals surface area contributed by atoms with Crippen LogP contribution in [0.25, 0.3) is 0 Å². The van der Waals surface area contributed by atoms with Gasteiger partial charge in [-0.15, -0.1) is 11.3 Å². The minimum Gasteiger partial charge on any atom is -0.359 e. The first-order valence-corrected chi connectivity index (χ1v) is 5.40. The second-order valence-corrected chi connectivity index (χ2v) is 4.41. The third kappa shape index (κ3) is 3.74. The topological polar surface area (TPSA) is 50.9 Å². The van der Waals surface area contributed by atoms with E-state index in [1.807, 2.05) is 19.2 Å². The van der Waals surface area contributed by atoms with Crippen molar-refractivity contribution in [1.82, 2.24) is 4.98 Å². The number of hydrogen-bond donors (Lipinski definition) is 2. The minimum absolute atomic E-state index is 0.239. The number of aromatic nitrogens is 1. The van der Waals surface area contributed by atoms with Crippen LogP contribution >= 0.6 is 11.3 Å². The quantitative estimate of drug-likeness (QED) is 0.779. The highest BCUT2D eigenvalue weighted by Gasteiger charge is 2.06. The molecule has 3 N–H and O–H groups in total. The zero-order valence-electron chi connectivity index (χ0n) is 8.37. The number of rotatable bonds is 4. The fraction of sp³-hybridized carbons (Fsp3) is 0.667. The van der Waals surface area contributed by atoms with Crippen molar-refractivity contribution in [2.24, 2.45) is 5.73 Å². The first-order valence-electron chi connectivity index (χ1n) is 4.52. The Morgan fingerprint density at radius 3 is 2.77 bits per heavy atom. The Morgan fingerprint density at radius 2 is 2.31 bits per heavy atom. The highest BCUT2D eigenvalue weighted by atomic mass is 32.1. The maximum atomic E-state index is 5.70. The van der Waals surface area contributed by atoms with Gasteiger partial charge in [0.1, 0.15) is 0 Å². The zero-order chi connectivity index (χ0) is 9.84. The average Bonchev–Trinajstić information content (AvgIpc) is 2.33. The van der Waals surface area contributed by atoms with Gasteiger partial charge in [0.25, 0.3) is 0 Å². The molecular formula is C9H17N3S. The fourth-order valence-electron chi connectivity index (χ4n) is 1.25. The number of nitrogens with zero attached hydrogens (tertiary/aromatic N) is 1. The van der Waals surface area contributed by atoms with Gasteiger partial charge in [0.05, 0.1) is 5.69 Å². The summed E-state index contributed by atoms with van der Waals surface area (Å²) in [7, 11) is 0. The van der Waals surface area contributed by atoms with E-state index >= 15 is 0 Å². The van der Waals surface area contributed by atoms with Gasteiger partial charge >= 0.3 is 0 Å². The molecule has 0 bridgehead atoms. The predicted molar refractivity (Wildman–Crippen MR) is 58.2 cm³/mol. The molecule has 0 spiro atoms. The molecule has 0 saturated carbocycles. The molecule has 1 heterocycles. The van der Waals surface area contributed by atoms with E-state index < -0.39 is 0 Å². The molecule has 3 nitrogen and oxygen atoms in total. The highest BCUT2D eigenvalue weighted by molar-refractivity contribution is 7.13. The summed E-state index contributed by atoms with van der Waals surface area (Å²) in [6.07, 6.45) is 0.971. The van der Waals surface area contributed by atoms with Crippen LogP contribution in [0.3, 0.4) is 0 Å². The molecule has 0 saturated heterocycles. The number of anilines is 1. The molecule has 0 aliphatic heterocycles. The van der Waals surface area contributed by atoms with E-state index in [0.29, 0.717) is 6.04 Å². The third-order valence-corrected chi connectivity index (χ3v) is 2.61. The van der Waals surface area contributed by atoms with Gasteiger partial charge in [-0.05, 0) is 27.2 Å². The van der Waals surface area contributed by atoms with Gasteiger partial charge in [-0.25, -0.2) is 4.98 Å². The van der Waals surface area contributed by atoms with Crippen molar-refractivity contribution in [2.45, 2.75) is 39.3 Å². The number of nitrogens with one attached hydrogen (secondary N) is 1. The monoisotopic (exact) mass is 199 g/mol. The third-order valence-electron chi connectivity index (χ3n) is 1.71. The smallest absolute Gasteiger partial charge is 0.183 e. The van der Waals surface area contributed by atoms with Crippen molar-refractivity contribution in [1.29, 1.82) is 0 Å². The second-order valence-electron chi connectivity index (χ2n) is 3.55. The van der Waals surface area contributed by atoms with Gasteiger partial charge in [0.2, 0.25) is 0 Å². The normalized spacial score (nSPS) is 15.4. The van der Waals surface area contributed by atoms with E-state index in [0.717, 1.165) is 17.2 Å². The fourth-order valence-corrected chi connectivity index (χ4v) is 2.05. The highest BCUT2D eigenvalue weighted by Crippen LogP contribution is 2.16. The molecule has 0 aliphatic rings. The lowest BCUT2D eigenvalue weighted by atomic mass is 10.1. The van der Waals surface area contributed by atoms with Crippen LogP contribution < -0.4 is 11.1 Å². The van der Waals surface area contributed by atoms with Gasteiger partial charge in [0.15, 0.2) is 5.13 Å². The average molecular weight is 199 g/mol. The molecule has 0 aromatic carbocycles. The van der Waals surface area contributed by atoms with Crippen LogP contribution in [0, 0.1) is 6.92 Å². The molecule has 0 radical (unpaired) electrons. The van der Waals surface area contributed by atoms with E-state index in [-0.39, 0.29) is 6.04 Å². The van der Waals surface area contributed by atoms with Crippen molar-refractivity contribution in [3.63, 3.8) is 0 Å². The van der Waals surface area contributed by atoms with E-state index in [9.17, 15) is 0 Å². The van der Waals surface area contributed by atoms with Crippen LogP contribution in [0.15, 0.2) is 5.38 Å². The summed E-state index contributed by atoms with van der Waals surface area (Å²) in [5.74, 6) is 0. The summed E-state index contributed by atoms with van der Waals surface area (Å²) in [4.78, 5) is 4.32.